The minimum absolute atomic E-state index is 0.00155. The molecule has 0 bridgehead atoms. The molecule has 3 atom stereocenters. The zero-order chi connectivity index (χ0) is 31.4. The highest BCUT2D eigenvalue weighted by Crippen LogP contribution is 2.41. The lowest BCUT2D eigenvalue weighted by Gasteiger charge is -2.32. The van der Waals surface area contributed by atoms with Gasteiger partial charge in [0.1, 0.15) is 19.0 Å². The van der Waals surface area contributed by atoms with Crippen molar-refractivity contribution >= 4 is 23.3 Å². The molecule has 3 aliphatic rings. The van der Waals surface area contributed by atoms with Crippen LogP contribution in [0.4, 0.5) is 0 Å². The summed E-state index contributed by atoms with van der Waals surface area (Å²) in [4.78, 5) is 52.7. The Labute approximate surface area is 259 Å². The van der Waals surface area contributed by atoms with Gasteiger partial charge in [0, 0.05) is 35.7 Å². The van der Waals surface area contributed by atoms with E-state index in [2.05, 4.69) is 10.6 Å². The van der Waals surface area contributed by atoms with Crippen molar-refractivity contribution in [3.63, 3.8) is 0 Å². The van der Waals surface area contributed by atoms with E-state index >= 15 is 0 Å². The number of amides is 1. The standard InChI is InChI=1S/C35H44N2O7/c1-20-25-12-11-23(28(38)18-44-24-8-5-7-22(15-24)17-43-19-30(39)37-14-13-36-3)16-27(25)21(2)31-32(20)35(41)33-26(34(31)40)9-6-10-29(33)42-4/h6,9-10,22-24,36H,5,7-8,11-19H2,1-4H3,(H,37,39). The molecule has 0 heterocycles. The van der Waals surface area contributed by atoms with Gasteiger partial charge in [0.15, 0.2) is 17.3 Å². The number of fused-ring (bicyclic) bond motifs is 3. The van der Waals surface area contributed by atoms with E-state index in [4.69, 9.17) is 14.2 Å². The number of ether oxygens (including phenoxy) is 3. The molecule has 9 nitrogen and oxygen atoms in total. The van der Waals surface area contributed by atoms with Gasteiger partial charge in [0.25, 0.3) is 0 Å². The molecule has 3 unspecified atom stereocenters. The second kappa shape index (κ2) is 14.1. The Bertz CT molecular complexity index is 1450. The van der Waals surface area contributed by atoms with Crippen molar-refractivity contribution < 1.29 is 33.4 Å². The Morgan fingerprint density at radius 1 is 0.932 bits per heavy atom. The monoisotopic (exact) mass is 604 g/mol. The van der Waals surface area contributed by atoms with Crippen molar-refractivity contribution in [1.29, 1.82) is 0 Å². The molecule has 1 saturated carbocycles. The van der Waals surface area contributed by atoms with Crippen LogP contribution < -0.4 is 15.4 Å². The molecule has 236 valence electrons. The summed E-state index contributed by atoms with van der Waals surface area (Å²) in [5.41, 5.74) is 5.37. The lowest BCUT2D eigenvalue weighted by Crippen LogP contribution is -2.34. The lowest BCUT2D eigenvalue weighted by atomic mass is 9.71. The third-order valence-corrected chi connectivity index (χ3v) is 9.57. The van der Waals surface area contributed by atoms with Crippen molar-refractivity contribution in [2.24, 2.45) is 11.8 Å². The van der Waals surface area contributed by atoms with Crippen LogP contribution >= 0.6 is 0 Å². The smallest absolute Gasteiger partial charge is 0.246 e. The number of benzene rings is 2. The summed E-state index contributed by atoms with van der Waals surface area (Å²) in [6.45, 7) is 5.75. The topological polar surface area (TPSA) is 120 Å². The molecule has 1 fully saturated rings. The molecule has 2 aromatic carbocycles. The quantitative estimate of drug-likeness (QED) is 0.301. The molecule has 2 aromatic rings. The van der Waals surface area contributed by atoms with E-state index in [1.54, 1.807) is 18.2 Å². The zero-order valence-electron chi connectivity index (χ0n) is 26.3. The fourth-order valence-corrected chi connectivity index (χ4v) is 7.20. The molecule has 44 heavy (non-hydrogen) atoms. The van der Waals surface area contributed by atoms with Crippen molar-refractivity contribution in [2.45, 2.75) is 64.9 Å². The first kappa shape index (κ1) is 32.0. The molecule has 2 N–H and O–H groups in total. The van der Waals surface area contributed by atoms with Crippen LogP contribution in [0.5, 0.6) is 5.75 Å². The molecule has 0 spiro atoms. The van der Waals surface area contributed by atoms with Gasteiger partial charge in [-0.3, -0.25) is 19.2 Å². The van der Waals surface area contributed by atoms with Gasteiger partial charge in [-0.25, -0.2) is 0 Å². The number of rotatable bonds is 12. The summed E-state index contributed by atoms with van der Waals surface area (Å²) >= 11 is 0. The summed E-state index contributed by atoms with van der Waals surface area (Å²) in [6, 6.07) is 5.13. The SMILES string of the molecule is CNCCNC(=O)COCC1CCCC(OCC(=O)C2CCc3c(C)c4c(c(C)c3C2)C(=O)c2cccc(OC)c2C4=O)C1. The van der Waals surface area contributed by atoms with Gasteiger partial charge in [-0.05, 0) is 93.7 Å². The second-order valence-corrected chi connectivity index (χ2v) is 12.3. The number of ketones is 3. The van der Waals surface area contributed by atoms with Gasteiger partial charge < -0.3 is 24.8 Å². The maximum absolute atomic E-state index is 13.7. The molecular weight excluding hydrogens is 560 g/mol. The van der Waals surface area contributed by atoms with Crippen LogP contribution in [0.15, 0.2) is 18.2 Å². The number of methoxy groups -OCH3 is 1. The summed E-state index contributed by atoms with van der Waals surface area (Å²) < 4.78 is 17.2. The predicted molar refractivity (Wildman–Crippen MR) is 166 cm³/mol. The normalized spacial score (nSPS) is 20.9. The Morgan fingerprint density at radius 2 is 1.70 bits per heavy atom. The molecule has 5 rings (SSSR count). The first-order valence-electron chi connectivity index (χ1n) is 15.8. The molecule has 3 aliphatic carbocycles. The van der Waals surface area contributed by atoms with Crippen molar-refractivity contribution in [1.82, 2.24) is 10.6 Å². The number of carbonyl (C=O) groups is 4. The van der Waals surface area contributed by atoms with E-state index in [0.717, 1.165) is 47.9 Å². The van der Waals surface area contributed by atoms with E-state index in [-0.39, 0.29) is 48.5 Å². The van der Waals surface area contributed by atoms with Gasteiger partial charge in [-0.2, -0.15) is 0 Å². The van der Waals surface area contributed by atoms with E-state index in [1.165, 1.54) is 7.11 Å². The molecule has 0 radical (unpaired) electrons. The number of nitrogens with one attached hydrogen (secondary N) is 2. The molecule has 9 heteroatoms. The van der Waals surface area contributed by atoms with Crippen LogP contribution in [0.2, 0.25) is 0 Å². The third-order valence-electron chi connectivity index (χ3n) is 9.57. The van der Waals surface area contributed by atoms with E-state index in [9.17, 15) is 19.2 Å². The summed E-state index contributed by atoms with van der Waals surface area (Å²) in [7, 11) is 3.34. The fraction of sp³-hybridized carbons (Fsp3) is 0.543. The van der Waals surface area contributed by atoms with Gasteiger partial charge in [0.05, 0.1) is 25.4 Å². The Hall–Kier alpha value is -3.40. The first-order valence-corrected chi connectivity index (χ1v) is 15.8. The number of hydrogen-bond acceptors (Lipinski definition) is 8. The largest absolute Gasteiger partial charge is 0.496 e. The van der Waals surface area contributed by atoms with Gasteiger partial charge >= 0.3 is 0 Å². The van der Waals surface area contributed by atoms with Gasteiger partial charge in [-0.1, -0.05) is 18.6 Å². The summed E-state index contributed by atoms with van der Waals surface area (Å²) in [5.74, 6) is 0.147. The van der Waals surface area contributed by atoms with Crippen LogP contribution in [0.25, 0.3) is 0 Å². The Morgan fingerprint density at radius 3 is 2.48 bits per heavy atom. The molecule has 0 aliphatic heterocycles. The molecule has 0 aromatic heterocycles. The first-order chi connectivity index (χ1) is 21.2. The predicted octanol–water partition coefficient (Wildman–Crippen LogP) is 3.69. The van der Waals surface area contributed by atoms with Gasteiger partial charge in [0.2, 0.25) is 5.91 Å². The van der Waals surface area contributed by atoms with E-state index < -0.39 is 0 Å². The molecule has 1 amide bonds. The minimum atomic E-state index is -0.190. The second-order valence-electron chi connectivity index (χ2n) is 12.3. The molecule has 0 saturated heterocycles. The fourth-order valence-electron chi connectivity index (χ4n) is 7.20. The Balaban J connectivity index is 1.20. The highest BCUT2D eigenvalue weighted by molar-refractivity contribution is 6.30. The molecular formula is C35H44N2O7. The third kappa shape index (κ3) is 6.50. The van der Waals surface area contributed by atoms with Crippen LogP contribution in [-0.2, 0) is 31.9 Å². The van der Waals surface area contributed by atoms with Crippen LogP contribution in [0.1, 0.15) is 86.2 Å². The lowest BCUT2D eigenvalue weighted by molar-refractivity contribution is -0.132. The highest BCUT2D eigenvalue weighted by atomic mass is 16.5. The minimum Gasteiger partial charge on any atom is -0.496 e. The maximum Gasteiger partial charge on any atom is 0.246 e. The maximum atomic E-state index is 13.7. The van der Waals surface area contributed by atoms with Crippen LogP contribution in [0.3, 0.4) is 0 Å². The average Bonchev–Trinajstić information content (AvgIpc) is 3.03. The van der Waals surface area contributed by atoms with Crippen molar-refractivity contribution in [3.05, 3.63) is 62.7 Å². The van der Waals surface area contributed by atoms with Crippen molar-refractivity contribution in [2.75, 3.05) is 47.1 Å². The number of Topliss-reactive ketones (excluding diaryl/α,β-unsaturated/α-hetero) is 1. The van der Waals surface area contributed by atoms with E-state index in [0.29, 0.717) is 72.9 Å². The van der Waals surface area contributed by atoms with E-state index in [1.807, 2.05) is 20.9 Å². The zero-order valence-corrected chi connectivity index (χ0v) is 26.3. The number of carbonyl (C=O) groups excluding carboxylic acids is 4. The van der Waals surface area contributed by atoms with Crippen LogP contribution in [-0.4, -0.2) is 76.4 Å². The highest BCUT2D eigenvalue weighted by Gasteiger charge is 2.38. The summed E-state index contributed by atoms with van der Waals surface area (Å²) in [5, 5.41) is 5.79. The summed E-state index contributed by atoms with van der Waals surface area (Å²) in [6.07, 6.45) is 5.66. The Kier molecular flexibility index (Phi) is 10.3. The number of hydrogen-bond donors (Lipinski definition) is 2. The van der Waals surface area contributed by atoms with Gasteiger partial charge in [-0.15, -0.1) is 0 Å². The van der Waals surface area contributed by atoms with Crippen molar-refractivity contribution in [3.8, 4) is 5.75 Å². The average molecular weight is 605 g/mol. The number of likely N-dealkylation sites (N-methyl/N-ethyl adjacent to an activating group) is 1. The van der Waals surface area contributed by atoms with Crippen LogP contribution in [0, 0.1) is 25.7 Å².